The van der Waals surface area contributed by atoms with Crippen molar-refractivity contribution in [2.75, 3.05) is 6.54 Å². The molecule has 16 nitrogen and oxygen atoms in total. The number of imidazole rings is 1. The molecule has 4 unspecified atom stereocenters. The molecule has 0 fully saturated rings. The van der Waals surface area contributed by atoms with E-state index in [-0.39, 0.29) is 6.42 Å². The van der Waals surface area contributed by atoms with E-state index in [1.165, 1.54) is 12.5 Å². The van der Waals surface area contributed by atoms with Crippen LogP contribution in [-0.2, 0) is 35.2 Å². The lowest BCUT2D eigenvalue weighted by molar-refractivity contribution is -0.144. The van der Waals surface area contributed by atoms with Crippen LogP contribution >= 0.6 is 0 Å². The molecule has 0 aliphatic heterocycles. The van der Waals surface area contributed by atoms with Crippen molar-refractivity contribution in [2.24, 2.45) is 11.5 Å². The number of nitrogens with one attached hydrogen (secondary N) is 4. The van der Waals surface area contributed by atoms with Gasteiger partial charge in [-0.2, -0.15) is 0 Å². The van der Waals surface area contributed by atoms with Crippen molar-refractivity contribution in [3.63, 3.8) is 0 Å². The summed E-state index contributed by atoms with van der Waals surface area (Å²) >= 11 is 0. The molecule has 0 aliphatic rings. The van der Waals surface area contributed by atoms with Crippen LogP contribution in [0.5, 0.6) is 0 Å². The molecule has 1 heterocycles. The summed E-state index contributed by atoms with van der Waals surface area (Å²) in [7, 11) is 0. The Balaban J connectivity index is 3.01. The van der Waals surface area contributed by atoms with Gasteiger partial charge in [0.25, 0.3) is 0 Å². The lowest BCUT2D eigenvalue weighted by Gasteiger charge is -2.24. The number of carboxylic acids is 3. The van der Waals surface area contributed by atoms with Gasteiger partial charge in [-0.25, -0.2) is 9.78 Å². The normalized spacial score (nSPS) is 14.0. The number of carboxylic acid groups (broad SMARTS) is 3. The van der Waals surface area contributed by atoms with E-state index in [1.54, 1.807) is 0 Å². The van der Waals surface area contributed by atoms with Crippen LogP contribution < -0.4 is 27.4 Å². The Morgan fingerprint density at radius 2 is 1.49 bits per heavy atom. The van der Waals surface area contributed by atoms with E-state index in [0.717, 1.165) is 0 Å². The number of unbranched alkanes of at least 4 members (excludes halogenated alkanes) is 1. The van der Waals surface area contributed by atoms with Crippen LogP contribution in [-0.4, -0.2) is 91.6 Å². The second-order valence-electron chi connectivity index (χ2n) is 8.22. The summed E-state index contributed by atoms with van der Waals surface area (Å²) in [6.07, 6.45) is 2.21. The van der Waals surface area contributed by atoms with Crippen molar-refractivity contribution in [1.29, 1.82) is 0 Å². The van der Waals surface area contributed by atoms with Crippen LogP contribution in [0.15, 0.2) is 12.5 Å². The molecule has 11 N–H and O–H groups in total. The van der Waals surface area contributed by atoms with Crippen molar-refractivity contribution >= 4 is 35.6 Å². The Morgan fingerprint density at radius 3 is 2.03 bits per heavy atom. The first-order chi connectivity index (χ1) is 17.4. The van der Waals surface area contributed by atoms with Gasteiger partial charge in [0.15, 0.2) is 0 Å². The summed E-state index contributed by atoms with van der Waals surface area (Å²) < 4.78 is 0. The summed E-state index contributed by atoms with van der Waals surface area (Å²) in [5.74, 6) is -7.06. The number of aliphatic carboxylic acids is 3. The predicted molar refractivity (Wildman–Crippen MR) is 126 cm³/mol. The van der Waals surface area contributed by atoms with E-state index in [0.29, 0.717) is 31.5 Å². The van der Waals surface area contributed by atoms with E-state index in [2.05, 4.69) is 20.6 Å². The van der Waals surface area contributed by atoms with E-state index in [9.17, 15) is 39.0 Å². The molecule has 0 bridgehead atoms. The topological polar surface area (TPSA) is 280 Å². The Kier molecular flexibility index (Phi) is 13.3. The fourth-order valence-corrected chi connectivity index (χ4v) is 3.20. The molecule has 1 rings (SSSR count). The highest BCUT2D eigenvalue weighted by molar-refractivity contribution is 5.95. The number of H-pyrrole nitrogens is 1. The summed E-state index contributed by atoms with van der Waals surface area (Å²) in [6.45, 7) is 0.422. The maximum absolute atomic E-state index is 13.0. The Bertz CT molecular complexity index is 939. The second kappa shape index (κ2) is 15.8. The van der Waals surface area contributed by atoms with Crippen molar-refractivity contribution in [3.8, 4) is 0 Å². The highest BCUT2D eigenvalue weighted by Crippen LogP contribution is 2.05. The third-order valence-corrected chi connectivity index (χ3v) is 5.19. The fourth-order valence-electron chi connectivity index (χ4n) is 3.20. The van der Waals surface area contributed by atoms with Crippen LogP contribution in [0.2, 0.25) is 0 Å². The summed E-state index contributed by atoms with van der Waals surface area (Å²) in [6, 6.07) is -5.60. The molecule has 37 heavy (non-hydrogen) atoms. The fraction of sp³-hybridized carbons (Fsp3) is 0.571. The maximum atomic E-state index is 13.0. The van der Waals surface area contributed by atoms with Gasteiger partial charge in [-0.3, -0.25) is 24.0 Å². The molecule has 0 saturated heterocycles. The largest absolute Gasteiger partial charge is 0.481 e. The van der Waals surface area contributed by atoms with Crippen LogP contribution in [0.1, 0.15) is 44.2 Å². The second-order valence-corrected chi connectivity index (χ2v) is 8.22. The van der Waals surface area contributed by atoms with Gasteiger partial charge in [-0.15, -0.1) is 0 Å². The summed E-state index contributed by atoms with van der Waals surface area (Å²) in [5, 5.41) is 34.0. The first-order valence-electron chi connectivity index (χ1n) is 11.4. The third kappa shape index (κ3) is 12.0. The number of nitrogens with two attached hydrogens (primary N) is 2. The quantitative estimate of drug-likeness (QED) is 0.0881. The zero-order valence-electron chi connectivity index (χ0n) is 20.0. The molecule has 3 amide bonds. The molecule has 1 aromatic rings. The average molecular weight is 528 g/mol. The van der Waals surface area contributed by atoms with Gasteiger partial charge >= 0.3 is 17.9 Å². The first kappa shape index (κ1) is 31.0. The minimum absolute atomic E-state index is 0.106. The molecule has 206 valence electrons. The molecule has 0 aromatic carbocycles. The molecule has 1 aromatic heterocycles. The molecule has 4 atom stereocenters. The van der Waals surface area contributed by atoms with Gasteiger partial charge in [0, 0.05) is 24.7 Å². The lowest BCUT2D eigenvalue weighted by atomic mass is 10.1. The van der Waals surface area contributed by atoms with Gasteiger partial charge in [0.05, 0.1) is 18.8 Å². The monoisotopic (exact) mass is 527 g/mol. The molecule has 0 spiro atoms. The number of amides is 3. The van der Waals surface area contributed by atoms with Gasteiger partial charge in [-0.1, -0.05) is 6.42 Å². The highest BCUT2D eigenvalue weighted by Gasteiger charge is 2.32. The molecule has 0 aliphatic carbocycles. The average Bonchev–Trinajstić information content (AvgIpc) is 3.33. The molecule has 0 saturated carbocycles. The maximum Gasteiger partial charge on any atom is 0.326 e. The number of hydrogen-bond donors (Lipinski definition) is 9. The summed E-state index contributed by atoms with van der Waals surface area (Å²) in [4.78, 5) is 78.3. The van der Waals surface area contributed by atoms with Crippen molar-refractivity contribution in [3.05, 3.63) is 18.2 Å². The Morgan fingerprint density at radius 1 is 0.865 bits per heavy atom. The van der Waals surface area contributed by atoms with E-state index < -0.39 is 79.1 Å². The van der Waals surface area contributed by atoms with Crippen LogP contribution in [0, 0.1) is 0 Å². The SMILES string of the molecule is NCCCCC(N)C(=O)NC(Cc1cnc[nH]1)C(=O)NC(CC(=O)O)C(=O)NC(CCC(=O)O)C(=O)O. The van der Waals surface area contributed by atoms with Gasteiger partial charge in [0.1, 0.15) is 18.1 Å². The Hall–Kier alpha value is -4.05. The number of nitrogens with zero attached hydrogens (tertiary/aromatic N) is 1. The van der Waals surface area contributed by atoms with E-state index >= 15 is 0 Å². The summed E-state index contributed by atoms with van der Waals surface area (Å²) in [5.41, 5.74) is 11.8. The smallest absolute Gasteiger partial charge is 0.326 e. The van der Waals surface area contributed by atoms with Crippen molar-refractivity contribution in [2.45, 2.75) is 69.1 Å². The number of aromatic nitrogens is 2. The van der Waals surface area contributed by atoms with Gasteiger partial charge in [0.2, 0.25) is 17.7 Å². The van der Waals surface area contributed by atoms with Gasteiger partial charge in [-0.05, 0) is 25.8 Å². The van der Waals surface area contributed by atoms with Crippen molar-refractivity contribution in [1.82, 2.24) is 25.9 Å². The minimum Gasteiger partial charge on any atom is -0.481 e. The number of carbonyl (C=O) groups excluding carboxylic acids is 3. The zero-order chi connectivity index (χ0) is 28.0. The van der Waals surface area contributed by atoms with Crippen molar-refractivity contribution < 1.29 is 44.1 Å². The first-order valence-corrected chi connectivity index (χ1v) is 11.4. The number of carbonyl (C=O) groups is 6. The zero-order valence-corrected chi connectivity index (χ0v) is 20.0. The number of hydrogen-bond acceptors (Lipinski definition) is 9. The van der Waals surface area contributed by atoms with E-state index in [4.69, 9.17) is 16.6 Å². The lowest BCUT2D eigenvalue weighted by Crippen LogP contribution is -2.58. The predicted octanol–water partition coefficient (Wildman–Crippen LogP) is -2.71. The molecular weight excluding hydrogens is 494 g/mol. The number of rotatable bonds is 18. The van der Waals surface area contributed by atoms with Crippen LogP contribution in [0.25, 0.3) is 0 Å². The standard InChI is InChI=1S/C21H33N7O9/c22-6-2-1-3-12(23)18(33)27-14(7-11-9-24-10-25-11)19(34)28-15(8-17(31)32)20(35)26-13(21(36)37)4-5-16(29)30/h9-10,12-15H,1-8,22-23H2,(H,24,25)(H,26,35)(H,27,33)(H,28,34)(H,29,30)(H,31,32)(H,36,37). The van der Waals surface area contributed by atoms with Crippen LogP contribution in [0.4, 0.5) is 0 Å². The Labute approximate surface area is 211 Å². The number of aromatic amines is 1. The molecular formula is C21H33N7O9. The van der Waals surface area contributed by atoms with Crippen LogP contribution in [0.3, 0.4) is 0 Å². The minimum atomic E-state index is -1.73. The van der Waals surface area contributed by atoms with E-state index in [1.807, 2.05) is 5.32 Å². The highest BCUT2D eigenvalue weighted by atomic mass is 16.4. The third-order valence-electron chi connectivity index (χ3n) is 5.19. The molecule has 16 heteroatoms. The molecule has 0 radical (unpaired) electrons. The van der Waals surface area contributed by atoms with Gasteiger partial charge < -0.3 is 47.7 Å².